The van der Waals surface area contributed by atoms with Gasteiger partial charge in [0, 0.05) is 25.9 Å². The molecule has 0 aliphatic carbocycles. The summed E-state index contributed by atoms with van der Waals surface area (Å²) in [6, 6.07) is 1.51. The number of aromatic nitrogens is 1. The van der Waals surface area contributed by atoms with Gasteiger partial charge in [0.15, 0.2) is 0 Å². The van der Waals surface area contributed by atoms with Gasteiger partial charge in [-0.1, -0.05) is 11.6 Å². The van der Waals surface area contributed by atoms with Gasteiger partial charge in [-0.05, 0) is 31.2 Å². The van der Waals surface area contributed by atoms with Crippen molar-refractivity contribution >= 4 is 23.3 Å². The van der Waals surface area contributed by atoms with Crippen LogP contribution in [-0.2, 0) is 0 Å². The maximum atomic E-state index is 12.4. The lowest BCUT2D eigenvalue weighted by atomic mass is 9.95. The van der Waals surface area contributed by atoms with Crippen LogP contribution in [0.3, 0.4) is 0 Å². The van der Waals surface area contributed by atoms with Crippen molar-refractivity contribution in [2.75, 3.05) is 25.4 Å². The number of carbonyl (C=O) groups excluding carboxylic acids is 1. The summed E-state index contributed by atoms with van der Waals surface area (Å²) in [6.45, 7) is 1.55. The Kier molecular flexibility index (Phi) is 4.61. The van der Waals surface area contributed by atoms with Crippen molar-refractivity contribution in [1.29, 1.82) is 0 Å². The zero-order valence-electron chi connectivity index (χ0n) is 10.7. The van der Waals surface area contributed by atoms with Crippen molar-refractivity contribution in [1.82, 2.24) is 9.88 Å². The molecular formula is C13H18ClN3O2. The Morgan fingerprint density at radius 2 is 2.42 bits per heavy atom. The van der Waals surface area contributed by atoms with Crippen molar-refractivity contribution in [2.45, 2.75) is 19.3 Å². The average Bonchev–Trinajstić information content (AvgIpc) is 2.41. The van der Waals surface area contributed by atoms with E-state index in [0.717, 1.165) is 25.8 Å². The maximum Gasteiger partial charge on any atom is 0.255 e. The molecule has 0 spiro atoms. The van der Waals surface area contributed by atoms with E-state index in [4.69, 9.17) is 22.4 Å². The molecular weight excluding hydrogens is 266 g/mol. The molecule has 1 fully saturated rings. The molecule has 19 heavy (non-hydrogen) atoms. The Hall–Kier alpha value is -1.33. The largest absolute Gasteiger partial charge is 0.396 e. The second-order valence-corrected chi connectivity index (χ2v) is 5.27. The average molecular weight is 284 g/mol. The number of hydrogen-bond acceptors (Lipinski definition) is 4. The Morgan fingerprint density at radius 3 is 3.16 bits per heavy atom. The molecule has 3 N–H and O–H groups in total. The van der Waals surface area contributed by atoms with Crippen LogP contribution in [0.4, 0.5) is 5.82 Å². The van der Waals surface area contributed by atoms with Gasteiger partial charge in [0.1, 0.15) is 5.82 Å². The molecule has 2 heterocycles. The summed E-state index contributed by atoms with van der Waals surface area (Å²) in [4.78, 5) is 18.1. The number of aliphatic hydroxyl groups excluding tert-OH is 1. The topological polar surface area (TPSA) is 79.5 Å². The minimum Gasteiger partial charge on any atom is -0.396 e. The van der Waals surface area contributed by atoms with E-state index in [1.165, 1.54) is 12.3 Å². The molecule has 6 heteroatoms. The van der Waals surface area contributed by atoms with Crippen molar-refractivity contribution in [3.05, 3.63) is 22.8 Å². The van der Waals surface area contributed by atoms with Crippen LogP contribution in [0.1, 0.15) is 29.6 Å². The van der Waals surface area contributed by atoms with Crippen molar-refractivity contribution in [3.63, 3.8) is 0 Å². The Bertz CT molecular complexity index is 465. The van der Waals surface area contributed by atoms with E-state index in [-0.39, 0.29) is 18.3 Å². The SMILES string of the molecule is Nc1cc(C(=O)N2CCCC(CCO)C2)c(Cl)cn1. The second-order valence-electron chi connectivity index (χ2n) is 4.86. The first-order valence-electron chi connectivity index (χ1n) is 6.43. The molecule has 1 aromatic rings. The first kappa shape index (κ1) is 14.1. The zero-order valence-corrected chi connectivity index (χ0v) is 11.4. The third kappa shape index (κ3) is 3.36. The lowest BCUT2D eigenvalue weighted by molar-refractivity contribution is 0.0654. The molecule has 0 saturated carbocycles. The number of nitrogens with zero attached hydrogens (tertiary/aromatic N) is 2. The molecule has 104 valence electrons. The second kappa shape index (κ2) is 6.21. The highest BCUT2D eigenvalue weighted by atomic mass is 35.5. The summed E-state index contributed by atoms with van der Waals surface area (Å²) in [5, 5.41) is 9.31. The van der Waals surface area contributed by atoms with Crippen LogP contribution in [-0.4, -0.2) is 40.6 Å². The van der Waals surface area contributed by atoms with Crippen LogP contribution in [0.15, 0.2) is 12.3 Å². The zero-order chi connectivity index (χ0) is 13.8. The molecule has 1 unspecified atom stereocenters. The van der Waals surface area contributed by atoms with Crippen molar-refractivity contribution < 1.29 is 9.90 Å². The summed E-state index contributed by atoms with van der Waals surface area (Å²) >= 11 is 6.00. The van der Waals surface area contributed by atoms with Gasteiger partial charge in [-0.15, -0.1) is 0 Å². The van der Waals surface area contributed by atoms with E-state index in [1.807, 2.05) is 0 Å². The lowest BCUT2D eigenvalue weighted by Crippen LogP contribution is -2.40. The van der Waals surface area contributed by atoms with E-state index >= 15 is 0 Å². The number of nitrogens with two attached hydrogens (primary N) is 1. The van der Waals surface area contributed by atoms with Gasteiger partial charge in [-0.2, -0.15) is 0 Å². The number of aliphatic hydroxyl groups is 1. The standard InChI is InChI=1S/C13H18ClN3O2/c14-11-7-16-12(15)6-10(11)13(19)17-4-1-2-9(8-17)3-5-18/h6-7,9,18H,1-5,8H2,(H2,15,16). The van der Waals surface area contributed by atoms with Crippen LogP contribution in [0.5, 0.6) is 0 Å². The number of carbonyl (C=O) groups is 1. The van der Waals surface area contributed by atoms with Gasteiger partial charge < -0.3 is 15.7 Å². The van der Waals surface area contributed by atoms with Crippen LogP contribution >= 0.6 is 11.6 Å². The minimum atomic E-state index is -0.110. The third-order valence-electron chi connectivity index (χ3n) is 3.45. The molecule has 1 saturated heterocycles. The summed E-state index contributed by atoms with van der Waals surface area (Å²) in [5.74, 6) is 0.541. The van der Waals surface area contributed by atoms with E-state index in [9.17, 15) is 4.79 Å². The van der Waals surface area contributed by atoms with Crippen LogP contribution in [0, 0.1) is 5.92 Å². The summed E-state index contributed by atoms with van der Waals surface area (Å²) in [6.07, 6.45) is 4.14. The normalized spacial score (nSPS) is 19.5. The smallest absolute Gasteiger partial charge is 0.255 e. The first-order valence-corrected chi connectivity index (χ1v) is 6.80. The van der Waals surface area contributed by atoms with Gasteiger partial charge in [0.2, 0.25) is 0 Å². The number of piperidine rings is 1. The van der Waals surface area contributed by atoms with E-state index < -0.39 is 0 Å². The molecule has 0 bridgehead atoms. The van der Waals surface area contributed by atoms with Gasteiger partial charge in [-0.3, -0.25) is 4.79 Å². The van der Waals surface area contributed by atoms with Gasteiger partial charge in [0.25, 0.3) is 5.91 Å². The van der Waals surface area contributed by atoms with Crippen LogP contribution in [0.25, 0.3) is 0 Å². The number of pyridine rings is 1. The van der Waals surface area contributed by atoms with E-state index in [2.05, 4.69) is 4.98 Å². The van der Waals surface area contributed by atoms with Gasteiger partial charge in [-0.25, -0.2) is 4.98 Å². The minimum absolute atomic E-state index is 0.110. The summed E-state index contributed by atoms with van der Waals surface area (Å²) in [5.41, 5.74) is 6.00. The number of halogens is 1. The van der Waals surface area contributed by atoms with E-state index in [0.29, 0.717) is 23.0 Å². The van der Waals surface area contributed by atoms with E-state index in [1.54, 1.807) is 4.90 Å². The highest BCUT2D eigenvalue weighted by Gasteiger charge is 2.25. The Balaban J connectivity index is 2.12. The van der Waals surface area contributed by atoms with Crippen molar-refractivity contribution in [2.24, 2.45) is 5.92 Å². The molecule has 0 radical (unpaired) electrons. The lowest BCUT2D eigenvalue weighted by Gasteiger charge is -2.32. The molecule has 1 aliphatic heterocycles. The first-order chi connectivity index (χ1) is 9.11. The molecule has 1 aliphatic rings. The summed E-state index contributed by atoms with van der Waals surface area (Å²) < 4.78 is 0. The molecule has 1 aromatic heterocycles. The third-order valence-corrected chi connectivity index (χ3v) is 3.75. The fourth-order valence-electron chi connectivity index (χ4n) is 2.46. The Morgan fingerprint density at radius 1 is 1.63 bits per heavy atom. The molecule has 0 aromatic carbocycles. The monoisotopic (exact) mass is 283 g/mol. The maximum absolute atomic E-state index is 12.4. The molecule has 1 amide bonds. The predicted molar refractivity (Wildman–Crippen MR) is 74.0 cm³/mol. The molecule has 2 rings (SSSR count). The quantitative estimate of drug-likeness (QED) is 0.882. The number of likely N-dealkylation sites (tertiary alicyclic amines) is 1. The highest BCUT2D eigenvalue weighted by Crippen LogP contribution is 2.24. The number of nitrogen functional groups attached to an aromatic ring is 1. The number of amides is 1. The van der Waals surface area contributed by atoms with Crippen molar-refractivity contribution in [3.8, 4) is 0 Å². The fourth-order valence-corrected chi connectivity index (χ4v) is 2.64. The highest BCUT2D eigenvalue weighted by molar-refractivity contribution is 6.33. The Labute approximate surface area is 117 Å². The van der Waals surface area contributed by atoms with Gasteiger partial charge >= 0.3 is 0 Å². The fraction of sp³-hybridized carbons (Fsp3) is 0.538. The van der Waals surface area contributed by atoms with Gasteiger partial charge in [0.05, 0.1) is 10.6 Å². The number of rotatable bonds is 3. The molecule has 5 nitrogen and oxygen atoms in total. The van der Waals surface area contributed by atoms with Crippen LogP contribution in [0.2, 0.25) is 5.02 Å². The predicted octanol–water partition coefficient (Wildman–Crippen LogP) is 1.55. The number of anilines is 1. The van der Waals surface area contributed by atoms with Crippen LogP contribution < -0.4 is 5.73 Å². The summed E-state index contributed by atoms with van der Waals surface area (Å²) in [7, 11) is 0. The number of hydrogen-bond donors (Lipinski definition) is 2. The molecule has 1 atom stereocenters.